The lowest BCUT2D eigenvalue weighted by Crippen LogP contribution is -2.13. The molecule has 110 valence electrons. The Balaban J connectivity index is 2.09. The van der Waals surface area contributed by atoms with Crippen LogP contribution in [0.15, 0.2) is 36.8 Å². The summed E-state index contributed by atoms with van der Waals surface area (Å²) >= 11 is 0. The number of rotatable bonds is 5. The molecule has 0 atom stereocenters. The number of anilines is 1. The van der Waals surface area contributed by atoms with Crippen LogP contribution in [0.4, 0.5) is 5.69 Å². The van der Waals surface area contributed by atoms with Gasteiger partial charge in [0.1, 0.15) is 5.69 Å². The van der Waals surface area contributed by atoms with Crippen LogP contribution in [0, 0.1) is 0 Å². The van der Waals surface area contributed by atoms with Crippen LogP contribution < -0.4 is 11.1 Å². The van der Waals surface area contributed by atoms with Crippen molar-refractivity contribution >= 4 is 17.6 Å². The Kier molecular flexibility index (Phi) is 4.68. The summed E-state index contributed by atoms with van der Waals surface area (Å²) in [5, 5.41) is 2.68. The molecule has 2 rings (SSSR count). The molecule has 0 spiro atoms. The van der Waals surface area contributed by atoms with Crippen molar-refractivity contribution in [3.63, 3.8) is 0 Å². The quantitative estimate of drug-likeness (QED) is 0.796. The van der Waals surface area contributed by atoms with Crippen LogP contribution in [0.5, 0.6) is 0 Å². The molecule has 0 radical (unpaired) electrons. The number of nitrogens with one attached hydrogen (secondary N) is 1. The fourth-order valence-electron chi connectivity index (χ4n) is 1.79. The van der Waals surface area contributed by atoms with E-state index in [2.05, 4.69) is 15.0 Å². The number of carbonyl (C=O) groups excluding carboxylic acids is 2. The van der Waals surface area contributed by atoms with Crippen molar-refractivity contribution in [2.45, 2.75) is 6.54 Å². The molecule has 0 fully saturated rings. The van der Waals surface area contributed by atoms with Crippen molar-refractivity contribution in [2.24, 2.45) is 5.73 Å². The summed E-state index contributed by atoms with van der Waals surface area (Å²) in [7, 11) is 1.30. The minimum absolute atomic E-state index is 0.284. The molecule has 1 aromatic carbocycles. The van der Waals surface area contributed by atoms with Crippen LogP contribution in [-0.4, -0.2) is 35.1 Å². The van der Waals surface area contributed by atoms with Gasteiger partial charge >= 0.3 is 5.97 Å². The Morgan fingerprint density at radius 1 is 1.43 bits per heavy atom. The fourth-order valence-corrected chi connectivity index (χ4v) is 1.79. The SMILES string of the molecule is COC(=O)c1cccc(NC(=O)c2cn(CCN)cn2)c1. The van der Waals surface area contributed by atoms with E-state index in [1.165, 1.54) is 7.11 Å². The molecule has 7 heteroatoms. The first-order chi connectivity index (χ1) is 10.1. The van der Waals surface area contributed by atoms with Gasteiger partial charge in [-0.1, -0.05) is 6.07 Å². The number of benzene rings is 1. The number of methoxy groups -OCH3 is 1. The highest BCUT2D eigenvalue weighted by Crippen LogP contribution is 2.12. The molecule has 1 amide bonds. The zero-order valence-electron chi connectivity index (χ0n) is 11.6. The van der Waals surface area contributed by atoms with E-state index in [1.54, 1.807) is 41.4 Å². The van der Waals surface area contributed by atoms with Crippen LogP contribution in [0.25, 0.3) is 0 Å². The summed E-state index contributed by atoms with van der Waals surface area (Å²) in [6.45, 7) is 1.07. The molecule has 1 aromatic heterocycles. The number of hydrogen-bond donors (Lipinski definition) is 2. The number of carbonyl (C=O) groups is 2. The maximum absolute atomic E-state index is 12.0. The van der Waals surface area contributed by atoms with Crippen molar-refractivity contribution in [1.82, 2.24) is 9.55 Å². The van der Waals surface area contributed by atoms with Gasteiger partial charge in [0, 0.05) is 25.0 Å². The molecular weight excluding hydrogens is 272 g/mol. The van der Waals surface area contributed by atoms with E-state index in [1.807, 2.05) is 0 Å². The summed E-state index contributed by atoms with van der Waals surface area (Å²) in [5.41, 5.74) is 6.58. The number of amides is 1. The first-order valence-corrected chi connectivity index (χ1v) is 6.35. The van der Waals surface area contributed by atoms with Gasteiger partial charge in [0.05, 0.1) is 19.0 Å². The van der Waals surface area contributed by atoms with Crippen LogP contribution in [0.3, 0.4) is 0 Å². The monoisotopic (exact) mass is 288 g/mol. The summed E-state index contributed by atoms with van der Waals surface area (Å²) < 4.78 is 6.37. The molecule has 0 saturated heterocycles. The van der Waals surface area contributed by atoms with Crippen molar-refractivity contribution < 1.29 is 14.3 Å². The lowest BCUT2D eigenvalue weighted by Gasteiger charge is -2.05. The highest BCUT2D eigenvalue weighted by atomic mass is 16.5. The maximum atomic E-state index is 12.0. The number of nitrogens with two attached hydrogens (primary N) is 1. The summed E-state index contributed by atoms with van der Waals surface area (Å²) in [6, 6.07) is 6.49. The van der Waals surface area contributed by atoms with Gasteiger partial charge in [-0.25, -0.2) is 9.78 Å². The minimum Gasteiger partial charge on any atom is -0.465 e. The van der Waals surface area contributed by atoms with E-state index in [-0.39, 0.29) is 11.6 Å². The highest BCUT2D eigenvalue weighted by molar-refractivity contribution is 6.03. The molecule has 21 heavy (non-hydrogen) atoms. The molecule has 0 aliphatic carbocycles. The predicted molar refractivity (Wildman–Crippen MR) is 77.0 cm³/mol. The Labute approximate surface area is 121 Å². The van der Waals surface area contributed by atoms with Gasteiger partial charge < -0.3 is 20.4 Å². The van der Waals surface area contributed by atoms with Crippen molar-refractivity contribution in [2.75, 3.05) is 19.0 Å². The number of aromatic nitrogens is 2. The smallest absolute Gasteiger partial charge is 0.337 e. The van der Waals surface area contributed by atoms with Crippen LogP contribution >= 0.6 is 0 Å². The molecule has 0 aliphatic rings. The second kappa shape index (κ2) is 6.67. The predicted octanol–water partition coefficient (Wildman–Crippen LogP) is 0.881. The van der Waals surface area contributed by atoms with Crippen molar-refractivity contribution in [3.8, 4) is 0 Å². The number of nitrogens with zero attached hydrogens (tertiary/aromatic N) is 2. The van der Waals surface area contributed by atoms with E-state index < -0.39 is 5.97 Å². The topological polar surface area (TPSA) is 99.2 Å². The van der Waals surface area contributed by atoms with E-state index in [0.717, 1.165) is 0 Å². The molecule has 0 unspecified atom stereocenters. The summed E-state index contributed by atoms with van der Waals surface area (Å²) in [4.78, 5) is 27.5. The third-order valence-corrected chi connectivity index (χ3v) is 2.79. The molecular formula is C14H16N4O3. The van der Waals surface area contributed by atoms with Crippen LogP contribution in [0.1, 0.15) is 20.8 Å². The maximum Gasteiger partial charge on any atom is 0.337 e. The largest absolute Gasteiger partial charge is 0.465 e. The Morgan fingerprint density at radius 2 is 2.24 bits per heavy atom. The Bertz CT molecular complexity index is 651. The zero-order chi connectivity index (χ0) is 15.2. The van der Waals surface area contributed by atoms with Gasteiger partial charge in [0.25, 0.3) is 5.91 Å². The molecule has 3 N–H and O–H groups in total. The molecule has 0 saturated carbocycles. The second-order valence-electron chi connectivity index (χ2n) is 4.31. The minimum atomic E-state index is -0.460. The van der Waals surface area contributed by atoms with E-state index in [9.17, 15) is 9.59 Å². The Morgan fingerprint density at radius 3 is 2.95 bits per heavy atom. The molecule has 2 aromatic rings. The fraction of sp³-hybridized carbons (Fsp3) is 0.214. The lowest BCUT2D eigenvalue weighted by atomic mass is 10.2. The van der Waals surface area contributed by atoms with Gasteiger partial charge in [-0.05, 0) is 18.2 Å². The van der Waals surface area contributed by atoms with Gasteiger partial charge in [-0.3, -0.25) is 4.79 Å². The van der Waals surface area contributed by atoms with Gasteiger partial charge in [-0.2, -0.15) is 0 Å². The van der Waals surface area contributed by atoms with Gasteiger partial charge in [-0.15, -0.1) is 0 Å². The molecule has 1 heterocycles. The third-order valence-electron chi connectivity index (χ3n) is 2.79. The van der Waals surface area contributed by atoms with E-state index in [4.69, 9.17) is 5.73 Å². The molecule has 0 aliphatic heterocycles. The first-order valence-electron chi connectivity index (χ1n) is 6.35. The van der Waals surface area contributed by atoms with Crippen LogP contribution in [-0.2, 0) is 11.3 Å². The van der Waals surface area contributed by atoms with Crippen LogP contribution in [0.2, 0.25) is 0 Å². The first kappa shape index (κ1) is 14.7. The van der Waals surface area contributed by atoms with E-state index in [0.29, 0.717) is 24.3 Å². The van der Waals surface area contributed by atoms with E-state index >= 15 is 0 Å². The van der Waals surface area contributed by atoms with Gasteiger partial charge in [0.2, 0.25) is 0 Å². The summed E-state index contributed by atoms with van der Waals surface area (Å²) in [6.07, 6.45) is 3.17. The normalized spacial score (nSPS) is 10.2. The van der Waals surface area contributed by atoms with Crippen molar-refractivity contribution in [1.29, 1.82) is 0 Å². The number of ether oxygens (including phenoxy) is 1. The standard InChI is InChI=1S/C14H16N4O3/c1-21-14(20)10-3-2-4-11(7-10)17-13(19)12-8-18(6-5-15)9-16-12/h2-4,7-9H,5-6,15H2,1H3,(H,17,19). The number of imidazole rings is 1. The highest BCUT2D eigenvalue weighted by Gasteiger charge is 2.11. The Hall–Kier alpha value is -2.67. The zero-order valence-corrected chi connectivity index (χ0v) is 11.6. The average molecular weight is 288 g/mol. The number of esters is 1. The van der Waals surface area contributed by atoms with Crippen molar-refractivity contribution in [3.05, 3.63) is 48.0 Å². The summed E-state index contributed by atoms with van der Waals surface area (Å²) in [5.74, 6) is -0.814. The second-order valence-corrected chi connectivity index (χ2v) is 4.31. The lowest BCUT2D eigenvalue weighted by molar-refractivity contribution is 0.0600. The van der Waals surface area contributed by atoms with Gasteiger partial charge in [0.15, 0.2) is 0 Å². The average Bonchev–Trinajstić information content (AvgIpc) is 2.96. The number of hydrogen-bond acceptors (Lipinski definition) is 5. The molecule has 7 nitrogen and oxygen atoms in total. The molecule has 0 bridgehead atoms. The third kappa shape index (κ3) is 3.67.